The second kappa shape index (κ2) is 7.13. The highest BCUT2D eigenvalue weighted by Crippen LogP contribution is 2.65. The van der Waals surface area contributed by atoms with Gasteiger partial charge in [-0.05, 0) is 61.1 Å². The molecule has 0 saturated heterocycles. The lowest BCUT2D eigenvalue weighted by molar-refractivity contribution is -0.163. The summed E-state index contributed by atoms with van der Waals surface area (Å²) >= 11 is 0. The Kier molecular flexibility index (Phi) is 4.71. The van der Waals surface area contributed by atoms with Gasteiger partial charge in [-0.15, -0.1) is 0 Å². The third-order valence-electron chi connectivity index (χ3n) is 8.73. The van der Waals surface area contributed by atoms with Gasteiger partial charge in [0, 0.05) is 10.8 Å². The standard InChI is InChI=1S/C30H32O2/c1-20-17-24-25(30(4,26(20)31)19-22-13-9-6-10-14-22)23-15-16-28(24,2)27(32)29(23,3)18-21-11-7-5-8-12-21/h5-17,23-25H,18-19H2,1-4H3. The van der Waals surface area contributed by atoms with Gasteiger partial charge in [-0.2, -0.15) is 0 Å². The molecule has 4 aliphatic carbocycles. The van der Waals surface area contributed by atoms with Crippen LogP contribution in [-0.2, 0) is 22.4 Å². The number of rotatable bonds is 4. The van der Waals surface area contributed by atoms with Gasteiger partial charge in [0.15, 0.2) is 5.78 Å². The number of hydrogen-bond donors (Lipinski definition) is 0. The smallest absolute Gasteiger partial charge is 0.164 e. The van der Waals surface area contributed by atoms with Crippen LogP contribution in [0, 0.1) is 34.0 Å². The molecule has 0 aromatic heterocycles. The molecule has 2 heteroatoms. The number of benzene rings is 2. The summed E-state index contributed by atoms with van der Waals surface area (Å²) in [6.45, 7) is 8.33. The minimum atomic E-state index is -0.581. The zero-order valence-electron chi connectivity index (χ0n) is 19.5. The fourth-order valence-corrected chi connectivity index (χ4v) is 7.19. The SMILES string of the molecule is CC1=CC2C(C3C=CC2(C)C(=O)C3(C)Cc2ccccc2)C(C)(Cc2ccccc2)C1=O. The summed E-state index contributed by atoms with van der Waals surface area (Å²) in [6, 6.07) is 20.7. The molecular formula is C30H32O2. The van der Waals surface area contributed by atoms with Gasteiger partial charge >= 0.3 is 0 Å². The van der Waals surface area contributed by atoms with E-state index in [9.17, 15) is 9.59 Å². The van der Waals surface area contributed by atoms with E-state index in [1.165, 1.54) is 11.1 Å². The molecule has 2 nitrogen and oxygen atoms in total. The van der Waals surface area contributed by atoms with Crippen LogP contribution in [0.2, 0.25) is 0 Å². The molecule has 2 aromatic carbocycles. The van der Waals surface area contributed by atoms with Crippen molar-refractivity contribution in [3.8, 4) is 0 Å². The Hall–Kier alpha value is -2.74. The summed E-state index contributed by atoms with van der Waals surface area (Å²) in [5.41, 5.74) is 1.53. The Morgan fingerprint density at radius 3 is 1.84 bits per heavy atom. The average Bonchev–Trinajstić information content (AvgIpc) is 2.78. The average molecular weight is 425 g/mol. The Balaban J connectivity index is 1.65. The van der Waals surface area contributed by atoms with Crippen LogP contribution < -0.4 is 0 Å². The summed E-state index contributed by atoms with van der Waals surface area (Å²) in [5.74, 6) is 0.745. The number of carbonyl (C=O) groups is 2. The summed E-state index contributed by atoms with van der Waals surface area (Å²) < 4.78 is 0. The summed E-state index contributed by atoms with van der Waals surface area (Å²) in [7, 11) is 0. The van der Waals surface area contributed by atoms with E-state index < -0.39 is 16.2 Å². The van der Waals surface area contributed by atoms with Crippen molar-refractivity contribution in [2.75, 3.05) is 0 Å². The third kappa shape index (κ3) is 2.85. The summed E-state index contributed by atoms with van der Waals surface area (Å²) in [6.07, 6.45) is 7.96. The van der Waals surface area contributed by atoms with Crippen LogP contribution in [-0.4, -0.2) is 11.6 Å². The molecule has 2 aromatic rings. The van der Waals surface area contributed by atoms with E-state index in [4.69, 9.17) is 0 Å². The summed E-state index contributed by atoms with van der Waals surface area (Å²) in [5, 5.41) is 0. The zero-order chi connectivity index (χ0) is 22.7. The normalized spacial score (nSPS) is 37.9. The summed E-state index contributed by atoms with van der Waals surface area (Å²) in [4.78, 5) is 27.8. The van der Waals surface area contributed by atoms with Gasteiger partial charge in [0.1, 0.15) is 5.78 Å². The van der Waals surface area contributed by atoms with Crippen LogP contribution in [0.4, 0.5) is 0 Å². The monoisotopic (exact) mass is 424 g/mol. The lowest BCUT2D eigenvalue weighted by Crippen LogP contribution is -2.65. The van der Waals surface area contributed by atoms with Gasteiger partial charge in [0.2, 0.25) is 0 Å². The van der Waals surface area contributed by atoms with E-state index in [-0.39, 0.29) is 23.5 Å². The van der Waals surface area contributed by atoms with Crippen molar-refractivity contribution in [3.63, 3.8) is 0 Å². The molecule has 32 heavy (non-hydrogen) atoms. The quantitative estimate of drug-likeness (QED) is 0.562. The first-order valence-corrected chi connectivity index (χ1v) is 11.8. The number of hydrogen-bond acceptors (Lipinski definition) is 2. The first-order valence-electron chi connectivity index (χ1n) is 11.8. The number of fused-ring (bicyclic) bond motifs is 1. The van der Waals surface area contributed by atoms with E-state index in [2.05, 4.69) is 63.3 Å². The molecular weight excluding hydrogens is 392 g/mol. The van der Waals surface area contributed by atoms with E-state index in [0.29, 0.717) is 18.6 Å². The number of carbonyl (C=O) groups excluding carboxylic acids is 2. The van der Waals surface area contributed by atoms with Gasteiger partial charge in [-0.3, -0.25) is 9.59 Å². The van der Waals surface area contributed by atoms with Crippen LogP contribution in [0.15, 0.2) is 84.5 Å². The van der Waals surface area contributed by atoms with Crippen molar-refractivity contribution >= 4 is 11.6 Å². The van der Waals surface area contributed by atoms with E-state index in [1.54, 1.807) is 0 Å². The maximum atomic E-state index is 14.1. The molecule has 1 fully saturated rings. The highest BCUT2D eigenvalue weighted by Gasteiger charge is 2.67. The number of ketones is 2. The predicted molar refractivity (Wildman–Crippen MR) is 128 cm³/mol. The molecule has 6 unspecified atom stereocenters. The topological polar surface area (TPSA) is 34.1 Å². The highest BCUT2D eigenvalue weighted by molar-refractivity contribution is 6.03. The van der Waals surface area contributed by atoms with Crippen LogP contribution >= 0.6 is 0 Å². The molecule has 6 rings (SSSR count). The molecule has 0 heterocycles. The Bertz CT molecular complexity index is 1130. The van der Waals surface area contributed by atoms with E-state index in [0.717, 1.165) is 5.57 Å². The first kappa shape index (κ1) is 21.1. The molecule has 0 aliphatic heterocycles. The molecule has 0 spiro atoms. The zero-order valence-corrected chi connectivity index (χ0v) is 19.5. The van der Waals surface area contributed by atoms with Crippen LogP contribution in [0.5, 0.6) is 0 Å². The minimum Gasteiger partial charge on any atom is -0.298 e. The molecule has 6 atom stereocenters. The fourth-order valence-electron chi connectivity index (χ4n) is 7.19. The lowest BCUT2D eigenvalue weighted by Gasteiger charge is -2.63. The van der Waals surface area contributed by atoms with Gasteiger partial charge in [0.25, 0.3) is 0 Å². The fraction of sp³-hybridized carbons (Fsp3) is 0.400. The second-order valence-electron chi connectivity index (χ2n) is 10.9. The molecule has 1 saturated carbocycles. The van der Waals surface area contributed by atoms with Crippen molar-refractivity contribution in [1.82, 2.24) is 0 Å². The van der Waals surface area contributed by atoms with Crippen molar-refractivity contribution in [2.24, 2.45) is 34.0 Å². The number of allylic oxidation sites excluding steroid dienone is 4. The van der Waals surface area contributed by atoms with Crippen LogP contribution in [0.3, 0.4) is 0 Å². The third-order valence-corrected chi connectivity index (χ3v) is 8.73. The highest BCUT2D eigenvalue weighted by atomic mass is 16.1. The van der Waals surface area contributed by atoms with Crippen LogP contribution in [0.25, 0.3) is 0 Å². The molecule has 0 N–H and O–H groups in total. The van der Waals surface area contributed by atoms with Gasteiger partial charge < -0.3 is 0 Å². The molecule has 0 radical (unpaired) electrons. The van der Waals surface area contributed by atoms with Crippen molar-refractivity contribution in [1.29, 1.82) is 0 Å². The molecule has 0 amide bonds. The molecule has 4 aliphatic rings. The van der Waals surface area contributed by atoms with Gasteiger partial charge in [0.05, 0.1) is 5.41 Å². The van der Waals surface area contributed by atoms with Crippen molar-refractivity contribution in [2.45, 2.75) is 40.5 Å². The maximum Gasteiger partial charge on any atom is 0.164 e. The van der Waals surface area contributed by atoms with Gasteiger partial charge in [-0.1, -0.05) is 92.7 Å². The second-order valence-corrected chi connectivity index (χ2v) is 10.9. The van der Waals surface area contributed by atoms with Gasteiger partial charge in [-0.25, -0.2) is 0 Å². The molecule has 2 bridgehead atoms. The van der Waals surface area contributed by atoms with Crippen molar-refractivity contribution < 1.29 is 9.59 Å². The Labute approximate surface area is 191 Å². The maximum absolute atomic E-state index is 14.1. The Morgan fingerprint density at radius 1 is 0.750 bits per heavy atom. The lowest BCUT2D eigenvalue weighted by atomic mass is 9.38. The van der Waals surface area contributed by atoms with E-state index in [1.807, 2.05) is 43.3 Å². The largest absolute Gasteiger partial charge is 0.298 e. The van der Waals surface area contributed by atoms with Crippen LogP contribution in [0.1, 0.15) is 38.8 Å². The molecule has 164 valence electrons. The first-order chi connectivity index (χ1) is 15.2. The minimum absolute atomic E-state index is 0.0315. The van der Waals surface area contributed by atoms with E-state index >= 15 is 0 Å². The van der Waals surface area contributed by atoms with Crippen molar-refractivity contribution in [3.05, 3.63) is 95.6 Å². The predicted octanol–water partition coefficient (Wildman–Crippen LogP) is 6.02. The Morgan fingerprint density at radius 2 is 1.28 bits per heavy atom. The number of Topliss-reactive ketones (excluding diaryl/α,β-unsaturated/α-hetero) is 2.